The number of para-hydroxylation sites is 1. The second-order valence-corrected chi connectivity index (χ2v) is 8.00. The summed E-state index contributed by atoms with van der Waals surface area (Å²) in [6, 6.07) is 13.7. The lowest BCUT2D eigenvalue weighted by atomic mass is 10.0. The molecule has 3 rings (SSSR count). The van der Waals surface area contributed by atoms with E-state index in [1.807, 2.05) is 12.1 Å². The van der Waals surface area contributed by atoms with Crippen LogP contribution in [0.25, 0.3) is 6.08 Å². The van der Waals surface area contributed by atoms with Crippen molar-refractivity contribution in [1.82, 2.24) is 4.90 Å². The summed E-state index contributed by atoms with van der Waals surface area (Å²) >= 11 is 0. The molecule has 0 unspecified atom stereocenters. The van der Waals surface area contributed by atoms with Crippen LogP contribution in [-0.2, 0) is 17.4 Å². The van der Waals surface area contributed by atoms with E-state index in [0.29, 0.717) is 32.1 Å². The van der Waals surface area contributed by atoms with Gasteiger partial charge in [-0.3, -0.25) is 4.79 Å². The summed E-state index contributed by atoms with van der Waals surface area (Å²) in [5, 5.41) is 0. The number of piperazine rings is 1. The Morgan fingerprint density at radius 3 is 2.23 bits per heavy atom. The van der Waals surface area contributed by atoms with Crippen LogP contribution in [0.15, 0.2) is 54.6 Å². The van der Waals surface area contributed by atoms with Crippen LogP contribution < -0.4 is 4.90 Å². The summed E-state index contributed by atoms with van der Waals surface area (Å²) in [5.41, 5.74) is 1.76. The SMILES string of the molecule is CC(C)Cc1ccc(C=CC(=O)N2CCN(c3ccccc3C(F)(F)F)CC2)cc1. The molecule has 0 bridgehead atoms. The molecule has 1 aliphatic heterocycles. The highest BCUT2D eigenvalue weighted by Crippen LogP contribution is 2.36. The first-order chi connectivity index (χ1) is 14.2. The summed E-state index contributed by atoms with van der Waals surface area (Å²) in [6.45, 7) is 5.88. The van der Waals surface area contributed by atoms with E-state index in [1.165, 1.54) is 23.8 Å². The van der Waals surface area contributed by atoms with Crippen LogP contribution in [-0.4, -0.2) is 37.0 Å². The molecule has 1 saturated heterocycles. The Hall–Kier alpha value is -2.76. The average molecular weight is 416 g/mol. The molecule has 6 heteroatoms. The zero-order chi connectivity index (χ0) is 21.7. The molecular formula is C24H27F3N2O. The van der Waals surface area contributed by atoms with Crippen molar-refractivity contribution in [3.63, 3.8) is 0 Å². The second-order valence-electron chi connectivity index (χ2n) is 8.00. The van der Waals surface area contributed by atoms with E-state index in [-0.39, 0.29) is 11.6 Å². The first-order valence-electron chi connectivity index (χ1n) is 10.2. The maximum atomic E-state index is 13.3. The number of hydrogen-bond donors (Lipinski definition) is 0. The third-order valence-electron chi connectivity index (χ3n) is 5.18. The third-order valence-corrected chi connectivity index (χ3v) is 5.18. The van der Waals surface area contributed by atoms with Crippen molar-refractivity contribution in [3.8, 4) is 0 Å². The Bertz CT molecular complexity index is 880. The van der Waals surface area contributed by atoms with Crippen LogP contribution in [0.1, 0.15) is 30.5 Å². The normalized spacial score (nSPS) is 15.3. The van der Waals surface area contributed by atoms with E-state index < -0.39 is 11.7 Å². The summed E-state index contributed by atoms with van der Waals surface area (Å²) < 4.78 is 39.8. The second kappa shape index (κ2) is 9.37. The molecular weight excluding hydrogens is 389 g/mol. The molecule has 0 aliphatic carbocycles. The number of halogens is 3. The van der Waals surface area contributed by atoms with Crippen LogP contribution >= 0.6 is 0 Å². The molecule has 0 atom stereocenters. The van der Waals surface area contributed by atoms with Crippen molar-refractivity contribution in [1.29, 1.82) is 0 Å². The molecule has 0 spiro atoms. The number of carbonyl (C=O) groups is 1. The van der Waals surface area contributed by atoms with Crippen LogP contribution in [0.5, 0.6) is 0 Å². The lowest BCUT2D eigenvalue weighted by molar-refractivity contribution is -0.137. The maximum Gasteiger partial charge on any atom is 0.418 e. The predicted molar refractivity (Wildman–Crippen MR) is 114 cm³/mol. The number of amides is 1. The zero-order valence-electron chi connectivity index (χ0n) is 17.3. The van der Waals surface area contributed by atoms with Gasteiger partial charge in [-0.05, 0) is 41.7 Å². The summed E-state index contributed by atoms with van der Waals surface area (Å²) in [6.07, 6.45) is -0.0503. The number of benzene rings is 2. The van der Waals surface area contributed by atoms with Crippen molar-refractivity contribution in [2.45, 2.75) is 26.4 Å². The monoisotopic (exact) mass is 416 g/mol. The minimum absolute atomic E-state index is 0.120. The molecule has 1 heterocycles. The average Bonchev–Trinajstić information content (AvgIpc) is 2.72. The van der Waals surface area contributed by atoms with E-state index in [0.717, 1.165) is 18.1 Å². The summed E-state index contributed by atoms with van der Waals surface area (Å²) in [4.78, 5) is 15.9. The van der Waals surface area contributed by atoms with Crippen molar-refractivity contribution in [2.24, 2.45) is 5.92 Å². The minimum Gasteiger partial charge on any atom is -0.367 e. The highest BCUT2D eigenvalue weighted by atomic mass is 19.4. The summed E-state index contributed by atoms with van der Waals surface area (Å²) in [5.74, 6) is 0.472. The van der Waals surface area contributed by atoms with Crippen molar-refractivity contribution in [2.75, 3.05) is 31.1 Å². The van der Waals surface area contributed by atoms with Gasteiger partial charge in [0.25, 0.3) is 0 Å². The molecule has 3 nitrogen and oxygen atoms in total. The zero-order valence-corrected chi connectivity index (χ0v) is 17.3. The molecule has 0 N–H and O–H groups in total. The van der Waals surface area contributed by atoms with Gasteiger partial charge < -0.3 is 9.80 Å². The topological polar surface area (TPSA) is 23.6 Å². The fraction of sp³-hybridized carbons (Fsp3) is 0.375. The van der Waals surface area contributed by atoms with Gasteiger partial charge in [0.15, 0.2) is 0 Å². The standard InChI is InChI=1S/C24H27F3N2O/c1-18(2)17-20-9-7-19(8-10-20)11-12-23(30)29-15-13-28(14-16-29)22-6-4-3-5-21(22)24(25,26)27/h3-12,18H,13-17H2,1-2H3. The Kier molecular flexibility index (Phi) is 6.85. The quantitative estimate of drug-likeness (QED) is 0.621. The van der Waals surface area contributed by atoms with Gasteiger partial charge >= 0.3 is 6.18 Å². The van der Waals surface area contributed by atoms with Crippen molar-refractivity contribution < 1.29 is 18.0 Å². The van der Waals surface area contributed by atoms with Gasteiger partial charge in [0, 0.05) is 37.9 Å². The van der Waals surface area contributed by atoms with Gasteiger partial charge in [0.2, 0.25) is 5.91 Å². The van der Waals surface area contributed by atoms with E-state index >= 15 is 0 Å². The highest BCUT2D eigenvalue weighted by molar-refractivity contribution is 5.92. The predicted octanol–water partition coefficient (Wildman–Crippen LogP) is 5.27. The Morgan fingerprint density at radius 1 is 1.00 bits per heavy atom. The molecule has 0 aromatic heterocycles. The van der Waals surface area contributed by atoms with Gasteiger partial charge in [-0.1, -0.05) is 50.2 Å². The maximum absolute atomic E-state index is 13.3. The van der Waals surface area contributed by atoms with Gasteiger partial charge in [0.05, 0.1) is 5.56 Å². The minimum atomic E-state index is -4.39. The molecule has 1 aliphatic rings. The van der Waals surface area contributed by atoms with Crippen molar-refractivity contribution in [3.05, 3.63) is 71.3 Å². The molecule has 0 radical (unpaired) electrons. The fourth-order valence-electron chi connectivity index (χ4n) is 3.67. The van der Waals surface area contributed by atoms with Crippen LogP contribution in [0.3, 0.4) is 0 Å². The molecule has 1 fully saturated rings. The lowest BCUT2D eigenvalue weighted by Gasteiger charge is -2.36. The molecule has 2 aromatic carbocycles. The van der Waals surface area contributed by atoms with Crippen molar-refractivity contribution >= 4 is 17.7 Å². The number of carbonyl (C=O) groups excluding carboxylic acids is 1. The lowest BCUT2D eigenvalue weighted by Crippen LogP contribution is -2.48. The van der Waals surface area contributed by atoms with Crippen LogP contribution in [0.4, 0.5) is 18.9 Å². The van der Waals surface area contributed by atoms with E-state index in [9.17, 15) is 18.0 Å². The van der Waals surface area contributed by atoms with E-state index in [2.05, 4.69) is 26.0 Å². The van der Waals surface area contributed by atoms with E-state index in [1.54, 1.807) is 21.9 Å². The number of nitrogens with zero attached hydrogens (tertiary/aromatic N) is 2. The molecule has 0 saturated carbocycles. The smallest absolute Gasteiger partial charge is 0.367 e. The fourth-order valence-corrected chi connectivity index (χ4v) is 3.67. The largest absolute Gasteiger partial charge is 0.418 e. The number of hydrogen-bond acceptors (Lipinski definition) is 2. The van der Waals surface area contributed by atoms with Crippen LogP contribution in [0.2, 0.25) is 0 Å². The first-order valence-corrected chi connectivity index (χ1v) is 10.2. The van der Waals surface area contributed by atoms with E-state index in [4.69, 9.17) is 0 Å². The number of rotatable bonds is 5. The Labute approximate surface area is 175 Å². The molecule has 160 valence electrons. The molecule has 2 aromatic rings. The Balaban J connectivity index is 1.58. The van der Waals surface area contributed by atoms with Gasteiger partial charge in [-0.15, -0.1) is 0 Å². The van der Waals surface area contributed by atoms with Gasteiger partial charge in [0.1, 0.15) is 0 Å². The summed E-state index contributed by atoms with van der Waals surface area (Å²) in [7, 11) is 0. The highest BCUT2D eigenvalue weighted by Gasteiger charge is 2.35. The Morgan fingerprint density at radius 2 is 1.63 bits per heavy atom. The number of anilines is 1. The third kappa shape index (κ3) is 5.65. The number of alkyl halides is 3. The van der Waals surface area contributed by atoms with Gasteiger partial charge in [-0.2, -0.15) is 13.2 Å². The molecule has 1 amide bonds. The van der Waals surface area contributed by atoms with Gasteiger partial charge in [-0.25, -0.2) is 0 Å². The van der Waals surface area contributed by atoms with Crippen LogP contribution in [0, 0.1) is 5.92 Å². The molecule has 30 heavy (non-hydrogen) atoms. The first kappa shape index (κ1) is 21.9.